The van der Waals surface area contributed by atoms with E-state index in [1.165, 1.54) is 25.4 Å². The molecule has 0 bridgehead atoms. The van der Waals surface area contributed by atoms with Crippen molar-refractivity contribution in [2.24, 2.45) is 0 Å². The average molecular weight is 394 g/mol. The third-order valence-electron chi connectivity index (χ3n) is 3.44. The van der Waals surface area contributed by atoms with Crippen LogP contribution >= 0.6 is 0 Å². The van der Waals surface area contributed by atoms with E-state index in [9.17, 15) is 18.3 Å². The highest BCUT2D eigenvalue weighted by Gasteiger charge is 2.37. The number of carbonyl (C=O) groups is 1. The molecule has 0 saturated carbocycles. The van der Waals surface area contributed by atoms with Crippen LogP contribution in [0.3, 0.4) is 0 Å². The summed E-state index contributed by atoms with van der Waals surface area (Å²) in [5.74, 6) is -0.907. The molecule has 0 spiro atoms. The minimum atomic E-state index is -3.91. The Kier molecular flexibility index (Phi) is 5.60. The van der Waals surface area contributed by atoms with Crippen LogP contribution in [0.2, 0.25) is 0 Å². The normalized spacial score (nSPS) is 14.5. The molecule has 0 saturated heterocycles. The third-order valence-corrected chi connectivity index (χ3v) is 5.26. The van der Waals surface area contributed by atoms with Crippen LogP contribution in [0.25, 0.3) is 5.76 Å². The van der Waals surface area contributed by atoms with Gasteiger partial charge in [-0.15, -0.1) is 10.1 Å². The fraction of sp³-hybridized carbons (Fsp3) is 0.0667. The molecular formula is C15H14N4O7S. The minimum absolute atomic E-state index is 0.0469. The van der Waals surface area contributed by atoms with Crippen molar-refractivity contribution in [2.75, 3.05) is 12.4 Å². The molecule has 1 aromatic heterocycles. The summed E-state index contributed by atoms with van der Waals surface area (Å²) >= 11 is 0. The van der Waals surface area contributed by atoms with Crippen LogP contribution in [0.15, 0.2) is 59.3 Å². The number of pyridine rings is 1. The Labute approximate surface area is 153 Å². The highest BCUT2D eigenvalue weighted by atomic mass is 32.2. The summed E-state index contributed by atoms with van der Waals surface area (Å²) in [5.41, 5.74) is -0.258. The monoisotopic (exact) mass is 394 g/mol. The number of aliphatic hydroxyl groups is 1. The highest BCUT2D eigenvalue weighted by molar-refractivity contribution is 7.89. The van der Waals surface area contributed by atoms with Gasteiger partial charge in [-0.05, 0) is 24.3 Å². The van der Waals surface area contributed by atoms with Gasteiger partial charge in [0, 0.05) is 18.8 Å². The molecule has 1 aliphatic rings. The van der Waals surface area contributed by atoms with Crippen molar-refractivity contribution in [3.8, 4) is 0 Å². The van der Waals surface area contributed by atoms with E-state index in [0.717, 1.165) is 4.31 Å². The molecule has 3 N–H and O–H groups in total. The van der Waals surface area contributed by atoms with Crippen molar-refractivity contribution in [3.05, 3.63) is 70.0 Å². The number of likely N-dealkylation sites (N-methyl/N-ethyl adjacent to an activating group) is 1. The Balaban J connectivity index is 0.000000596. The van der Waals surface area contributed by atoms with Crippen molar-refractivity contribution in [1.29, 1.82) is 0 Å². The summed E-state index contributed by atoms with van der Waals surface area (Å²) in [7, 11) is -2.69. The number of rotatable bonds is 2. The molecule has 11 nitrogen and oxygen atoms in total. The number of sulfonamides is 1. The van der Waals surface area contributed by atoms with Gasteiger partial charge in [0.1, 0.15) is 5.82 Å². The Morgan fingerprint density at radius 1 is 1.22 bits per heavy atom. The van der Waals surface area contributed by atoms with Gasteiger partial charge in [-0.3, -0.25) is 9.10 Å². The predicted octanol–water partition coefficient (Wildman–Crippen LogP) is 1.23. The number of nitrogens with zero attached hydrogens (tertiary/aromatic N) is 3. The number of nitrogens with one attached hydrogen (secondary N) is 1. The molecule has 3 rings (SSSR count). The van der Waals surface area contributed by atoms with Gasteiger partial charge in [-0.1, -0.05) is 18.2 Å². The van der Waals surface area contributed by atoms with E-state index >= 15 is 0 Å². The van der Waals surface area contributed by atoms with Gasteiger partial charge in [-0.2, -0.15) is 0 Å². The molecule has 1 aromatic carbocycles. The summed E-state index contributed by atoms with van der Waals surface area (Å²) in [4.78, 5) is 24.7. The highest BCUT2D eigenvalue weighted by Crippen LogP contribution is 2.34. The fourth-order valence-corrected chi connectivity index (χ4v) is 3.69. The third kappa shape index (κ3) is 4.12. The standard InChI is InChI=1S/C15H13N3O4S.HNO3/c1-18-13(15(20)17-12-8-4-5-9-16-12)14(19)10-6-2-3-7-11(10)23(18,21)22;2-1(3)4/h2-9,19H,1H3,(H,16,17,20);(H,2,3,4). The van der Waals surface area contributed by atoms with Crippen molar-refractivity contribution in [3.63, 3.8) is 0 Å². The summed E-state index contributed by atoms with van der Waals surface area (Å²) in [6, 6.07) is 10.9. The molecule has 0 fully saturated rings. The average Bonchev–Trinajstić information content (AvgIpc) is 2.61. The quantitative estimate of drug-likeness (QED) is 0.506. The molecule has 2 heterocycles. The predicted molar refractivity (Wildman–Crippen MR) is 92.6 cm³/mol. The summed E-state index contributed by atoms with van der Waals surface area (Å²) in [6.07, 6.45) is 1.49. The maximum atomic E-state index is 12.5. The Morgan fingerprint density at radius 2 is 1.81 bits per heavy atom. The van der Waals surface area contributed by atoms with Gasteiger partial charge >= 0.3 is 0 Å². The number of amides is 1. The van der Waals surface area contributed by atoms with Gasteiger partial charge in [0.2, 0.25) is 0 Å². The maximum Gasteiger partial charge on any atom is 0.291 e. The van der Waals surface area contributed by atoms with Crippen molar-refractivity contribution < 1.29 is 28.6 Å². The molecule has 27 heavy (non-hydrogen) atoms. The van der Waals surface area contributed by atoms with Crippen molar-refractivity contribution in [2.45, 2.75) is 4.90 Å². The lowest BCUT2D eigenvalue weighted by atomic mass is 10.1. The largest absolute Gasteiger partial charge is 0.505 e. The van der Waals surface area contributed by atoms with Crippen LogP contribution in [0.4, 0.5) is 5.82 Å². The summed E-state index contributed by atoms with van der Waals surface area (Å²) in [6.45, 7) is 0. The number of aliphatic hydroxyl groups excluding tert-OH is 1. The Hall–Kier alpha value is -3.67. The Morgan fingerprint density at radius 3 is 2.41 bits per heavy atom. The lowest BCUT2D eigenvalue weighted by Gasteiger charge is -2.28. The van der Waals surface area contributed by atoms with Crippen LogP contribution in [-0.4, -0.2) is 46.1 Å². The summed E-state index contributed by atoms with van der Waals surface area (Å²) in [5, 5.41) is 26.5. The number of benzene rings is 1. The van der Waals surface area contributed by atoms with Gasteiger partial charge in [0.15, 0.2) is 11.5 Å². The van der Waals surface area contributed by atoms with E-state index in [1.54, 1.807) is 30.3 Å². The van der Waals surface area contributed by atoms with Crippen LogP contribution in [0.5, 0.6) is 0 Å². The van der Waals surface area contributed by atoms with Crippen LogP contribution < -0.4 is 5.32 Å². The first-order chi connectivity index (χ1) is 12.7. The molecule has 142 valence electrons. The SMILES string of the molecule is CN1C(C(=O)Nc2ccccn2)=C(O)c2ccccc2S1(=O)=O.O=[N+]([O-])O. The van der Waals surface area contributed by atoms with Gasteiger partial charge < -0.3 is 15.6 Å². The van der Waals surface area contributed by atoms with E-state index in [0.29, 0.717) is 0 Å². The minimum Gasteiger partial charge on any atom is -0.505 e. The number of hydrogen-bond donors (Lipinski definition) is 3. The molecule has 2 aromatic rings. The molecular weight excluding hydrogens is 380 g/mol. The number of carbonyl (C=O) groups excluding carboxylic acids is 1. The van der Waals surface area contributed by atoms with E-state index in [2.05, 4.69) is 10.3 Å². The van der Waals surface area contributed by atoms with Crippen LogP contribution in [-0.2, 0) is 14.8 Å². The second kappa shape index (κ2) is 7.70. The smallest absolute Gasteiger partial charge is 0.291 e. The molecule has 1 aliphatic heterocycles. The fourth-order valence-electron chi connectivity index (χ4n) is 2.29. The maximum absolute atomic E-state index is 12.5. The lowest BCUT2D eigenvalue weighted by Crippen LogP contribution is -2.37. The zero-order valence-electron chi connectivity index (χ0n) is 13.8. The molecule has 1 amide bonds. The zero-order valence-corrected chi connectivity index (χ0v) is 14.6. The second-order valence-corrected chi connectivity index (χ2v) is 7.01. The topological polar surface area (TPSA) is 163 Å². The van der Waals surface area contributed by atoms with Crippen molar-refractivity contribution >= 4 is 27.5 Å². The Bertz CT molecular complexity index is 1000. The van der Waals surface area contributed by atoms with E-state index in [1.807, 2.05) is 0 Å². The van der Waals surface area contributed by atoms with E-state index in [-0.39, 0.29) is 22.0 Å². The molecule has 0 aliphatic carbocycles. The van der Waals surface area contributed by atoms with Crippen LogP contribution in [0.1, 0.15) is 5.56 Å². The second-order valence-electron chi connectivity index (χ2n) is 5.07. The first-order valence-corrected chi connectivity index (χ1v) is 8.67. The van der Waals surface area contributed by atoms with E-state index < -0.39 is 26.8 Å². The van der Waals surface area contributed by atoms with E-state index in [4.69, 9.17) is 15.3 Å². The first-order valence-electron chi connectivity index (χ1n) is 7.23. The van der Waals surface area contributed by atoms with Crippen LogP contribution in [0, 0.1) is 10.1 Å². The number of aromatic nitrogens is 1. The van der Waals surface area contributed by atoms with Crippen molar-refractivity contribution in [1.82, 2.24) is 9.29 Å². The zero-order chi connectivity index (χ0) is 20.2. The molecule has 0 radical (unpaired) electrons. The van der Waals surface area contributed by atoms with Gasteiger partial charge in [-0.25, -0.2) is 13.4 Å². The molecule has 0 unspecified atom stereocenters. The molecule has 12 heteroatoms. The molecule has 0 atom stereocenters. The summed E-state index contributed by atoms with van der Waals surface area (Å²) < 4.78 is 25.8. The first kappa shape index (κ1) is 19.7. The number of anilines is 1. The number of hydrogen-bond acceptors (Lipinski definition) is 7. The van der Waals surface area contributed by atoms with Gasteiger partial charge in [0.25, 0.3) is 21.0 Å². The van der Waals surface area contributed by atoms with Gasteiger partial charge in [0.05, 0.1) is 4.90 Å². The lowest BCUT2D eigenvalue weighted by molar-refractivity contribution is -0.742. The number of fused-ring (bicyclic) bond motifs is 1.